The van der Waals surface area contributed by atoms with Gasteiger partial charge in [-0.25, -0.2) is 3.63 Å². The summed E-state index contributed by atoms with van der Waals surface area (Å²) < 4.78 is 25.2. The molecule has 0 aliphatic rings. The van der Waals surface area contributed by atoms with Gasteiger partial charge in [0.15, 0.2) is 6.29 Å². The molecule has 0 aliphatic heterocycles. The van der Waals surface area contributed by atoms with Crippen LogP contribution in [-0.4, -0.2) is 103 Å². The fourth-order valence-electron chi connectivity index (χ4n) is 6.81. The Balaban J connectivity index is 4.44. The van der Waals surface area contributed by atoms with Crippen LogP contribution in [0.4, 0.5) is 0 Å². The predicted molar refractivity (Wildman–Crippen MR) is 254 cm³/mol. The Labute approximate surface area is 357 Å². The number of aliphatic hydroxyl groups is 1. The van der Waals surface area contributed by atoms with Crippen LogP contribution in [0.5, 0.6) is 0 Å². The van der Waals surface area contributed by atoms with E-state index in [1.54, 1.807) is 0 Å². The Morgan fingerprint density at radius 3 is 1.66 bits per heavy atom. The maximum absolute atomic E-state index is 12.9. The second kappa shape index (κ2) is 39.5. The van der Waals surface area contributed by atoms with E-state index in [1.807, 2.05) is 11.8 Å². The van der Waals surface area contributed by atoms with E-state index in [4.69, 9.17) is 17.3 Å². The molecule has 0 spiro atoms. The van der Waals surface area contributed by atoms with E-state index in [0.29, 0.717) is 6.61 Å². The van der Waals surface area contributed by atoms with Crippen LogP contribution < -0.4 is 0 Å². The molecule has 0 bridgehead atoms. The second-order valence-corrected chi connectivity index (χ2v) is 24.6. The van der Waals surface area contributed by atoms with Crippen molar-refractivity contribution in [1.82, 2.24) is 4.90 Å². The zero-order valence-electron chi connectivity index (χ0n) is 38.6. The van der Waals surface area contributed by atoms with E-state index in [9.17, 15) is 9.90 Å². The lowest BCUT2D eigenvalue weighted by Gasteiger charge is -2.45. The summed E-state index contributed by atoms with van der Waals surface area (Å²) in [4.78, 5) is 15.5. The van der Waals surface area contributed by atoms with Crippen LogP contribution in [0.2, 0.25) is 0 Å². The molecule has 2 atom stereocenters. The third kappa shape index (κ3) is 36.2. The summed E-state index contributed by atoms with van der Waals surface area (Å²) in [7, 11) is -2.74. The van der Waals surface area contributed by atoms with E-state index < -0.39 is 20.9 Å². The number of hydrogen-bond acceptors (Lipinski definition) is 8. The zero-order chi connectivity index (χ0) is 41.6. The molecule has 0 aliphatic carbocycles. The smallest absolute Gasteiger partial charge is 0.319 e. The van der Waals surface area contributed by atoms with Gasteiger partial charge in [-0.05, 0) is 101 Å². The Hall–Kier alpha value is 0.320. The standard InChI is InChI=1S/C46H97NO6S3/c1-9-13-16-18-19-20-26-34-43-54-44(35-15-11-3)46(49)51-42-33-25-23-29-38-47(39-30-31-40-48)37-28-22-24-32-41-50-45(36-27-21-17-14-10-2)52-56(7,8)53-55(5,6)12-4/h44-45,48H,9-43H2,1-8H3. The summed E-state index contributed by atoms with van der Waals surface area (Å²) in [5, 5.41) is 9.36. The van der Waals surface area contributed by atoms with Crippen LogP contribution in [0, 0.1) is 0 Å². The minimum atomic E-state index is -1.63. The number of unbranched alkanes of at least 4 members (excludes halogenated alkanes) is 19. The highest BCUT2D eigenvalue weighted by molar-refractivity contribution is 8.39. The molecule has 0 radical (unpaired) electrons. The molecule has 0 heterocycles. The maximum Gasteiger partial charge on any atom is 0.319 e. The van der Waals surface area contributed by atoms with Crippen LogP contribution in [0.3, 0.4) is 0 Å². The highest BCUT2D eigenvalue weighted by Crippen LogP contribution is 2.58. The van der Waals surface area contributed by atoms with Crippen LogP contribution in [0.1, 0.15) is 201 Å². The summed E-state index contributed by atoms with van der Waals surface area (Å²) in [6.07, 6.45) is 40.4. The van der Waals surface area contributed by atoms with E-state index in [1.165, 1.54) is 109 Å². The monoisotopic (exact) mass is 856 g/mol. The zero-order valence-corrected chi connectivity index (χ0v) is 41.0. The molecule has 340 valence electrons. The SMILES string of the molecule is CCCCCCCCCCSC(CCCC)C(=O)OCCCCCCN(CCCCO)CCCCCCOC(CCCCCCC)OS(C)(C)OS(C)(C)CC. The van der Waals surface area contributed by atoms with Gasteiger partial charge >= 0.3 is 5.97 Å². The van der Waals surface area contributed by atoms with Crippen molar-refractivity contribution in [1.29, 1.82) is 0 Å². The Morgan fingerprint density at radius 1 is 0.589 bits per heavy atom. The number of rotatable bonds is 44. The van der Waals surface area contributed by atoms with Gasteiger partial charge in [-0.1, -0.05) is 137 Å². The fourth-order valence-corrected chi connectivity index (χ4v) is 12.7. The Morgan fingerprint density at radius 2 is 1.09 bits per heavy atom. The lowest BCUT2D eigenvalue weighted by molar-refractivity contribution is -0.143. The van der Waals surface area contributed by atoms with Crippen molar-refractivity contribution in [2.24, 2.45) is 0 Å². The van der Waals surface area contributed by atoms with Crippen LogP contribution in [-0.2, 0) is 22.1 Å². The summed E-state index contributed by atoms with van der Waals surface area (Å²) in [5.74, 6) is 2.12. The third-order valence-corrected chi connectivity index (χ3v) is 16.7. The molecule has 0 aromatic carbocycles. The van der Waals surface area contributed by atoms with Gasteiger partial charge in [0.05, 0.1) is 6.61 Å². The van der Waals surface area contributed by atoms with Gasteiger partial charge in [0.2, 0.25) is 0 Å². The molecule has 0 aromatic heterocycles. The number of aliphatic hydroxyl groups excluding tert-OH is 1. The molecule has 0 saturated carbocycles. The summed E-state index contributed by atoms with van der Waals surface area (Å²) in [6, 6.07) is 0. The number of esters is 1. The Bertz CT molecular complexity index is 852. The fraction of sp³-hybridized carbons (Fsp3) is 0.978. The van der Waals surface area contributed by atoms with Gasteiger partial charge in [-0.15, -0.1) is 22.1 Å². The average molecular weight is 856 g/mol. The largest absolute Gasteiger partial charge is 0.465 e. The summed E-state index contributed by atoms with van der Waals surface area (Å²) in [6.45, 7) is 13.8. The van der Waals surface area contributed by atoms with Gasteiger partial charge in [0.25, 0.3) is 0 Å². The maximum atomic E-state index is 12.9. The average Bonchev–Trinajstić information content (AvgIpc) is 3.16. The third-order valence-electron chi connectivity index (χ3n) is 10.5. The first kappa shape index (κ1) is 56.3. The number of carbonyl (C=O) groups excluding carboxylic acids is 1. The normalized spacial score (nSPS) is 14.0. The van der Waals surface area contributed by atoms with Crippen LogP contribution >= 0.6 is 32.7 Å². The molecular formula is C46H97NO6S3. The van der Waals surface area contributed by atoms with Crippen molar-refractivity contribution in [3.63, 3.8) is 0 Å². The minimum absolute atomic E-state index is 0.00728. The number of carbonyl (C=O) groups is 1. The first-order valence-corrected chi connectivity index (χ1v) is 29.5. The number of nitrogens with zero attached hydrogens (tertiary/aromatic N) is 1. The highest BCUT2D eigenvalue weighted by Gasteiger charge is 2.24. The molecule has 0 aromatic rings. The Kier molecular flexibility index (Phi) is 39.7. The number of ether oxygens (including phenoxy) is 2. The van der Waals surface area contributed by atoms with Crippen LogP contribution in [0.15, 0.2) is 0 Å². The molecule has 7 nitrogen and oxygen atoms in total. The lowest BCUT2D eigenvalue weighted by atomic mass is 10.1. The molecule has 0 fully saturated rings. The molecule has 0 saturated heterocycles. The number of hydrogen-bond donors (Lipinski definition) is 1. The van der Waals surface area contributed by atoms with Gasteiger partial charge in [0, 0.05) is 32.1 Å². The van der Waals surface area contributed by atoms with Crippen molar-refractivity contribution < 1.29 is 27.2 Å². The summed E-state index contributed by atoms with van der Waals surface area (Å²) >= 11 is 1.84. The molecule has 0 amide bonds. The van der Waals surface area contributed by atoms with Crippen molar-refractivity contribution in [2.75, 3.05) is 76.0 Å². The van der Waals surface area contributed by atoms with Gasteiger partial charge in [-0.3, -0.25) is 8.98 Å². The molecule has 10 heteroatoms. The van der Waals surface area contributed by atoms with Gasteiger partial charge in [-0.2, -0.15) is 10.6 Å². The molecular weight excluding hydrogens is 759 g/mol. The topological polar surface area (TPSA) is 77.5 Å². The van der Waals surface area contributed by atoms with Gasteiger partial charge < -0.3 is 19.5 Å². The highest BCUT2D eigenvalue weighted by atomic mass is 32.3. The lowest BCUT2D eigenvalue weighted by Crippen LogP contribution is -2.27. The van der Waals surface area contributed by atoms with Crippen molar-refractivity contribution in [3.05, 3.63) is 0 Å². The summed E-state index contributed by atoms with van der Waals surface area (Å²) in [5.41, 5.74) is 0. The number of thioether (sulfide) groups is 1. The van der Waals surface area contributed by atoms with E-state index in [2.05, 4.69) is 57.6 Å². The van der Waals surface area contributed by atoms with Gasteiger partial charge in [0.1, 0.15) is 5.25 Å². The molecule has 1 N–H and O–H groups in total. The van der Waals surface area contributed by atoms with Crippen molar-refractivity contribution in [3.8, 4) is 0 Å². The van der Waals surface area contributed by atoms with E-state index in [-0.39, 0.29) is 24.1 Å². The first-order valence-electron chi connectivity index (χ1n) is 23.6. The molecule has 0 rings (SSSR count). The quantitative estimate of drug-likeness (QED) is 0.0369. The molecule has 56 heavy (non-hydrogen) atoms. The van der Waals surface area contributed by atoms with Crippen LogP contribution in [0.25, 0.3) is 0 Å². The predicted octanol–water partition coefficient (Wildman–Crippen LogP) is 13.8. The van der Waals surface area contributed by atoms with E-state index >= 15 is 0 Å². The van der Waals surface area contributed by atoms with Crippen molar-refractivity contribution in [2.45, 2.75) is 213 Å². The molecule has 2 unspecified atom stereocenters. The van der Waals surface area contributed by atoms with Crippen molar-refractivity contribution >= 4 is 38.6 Å². The first-order chi connectivity index (χ1) is 27.0. The van der Waals surface area contributed by atoms with E-state index in [0.717, 1.165) is 102 Å². The minimum Gasteiger partial charge on any atom is -0.465 e. The second-order valence-electron chi connectivity index (χ2n) is 16.8.